The molecule has 1 aromatic carbocycles. The lowest BCUT2D eigenvalue weighted by Crippen LogP contribution is -2.36. The summed E-state index contributed by atoms with van der Waals surface area (Å²) in [5.74, 6) is -0.183. The Balaban J connectivity index is 2.75. The molecule has 0 bridgehead atoms. The zero-order chi connectivity index (χ0) is 16.3. The number of halogens is 3. The van der Waals surface area contributed by atoms with Crippen molar-refractivity contribution in [3.05, 3.63) is 29.8 Å². The van der Waals surface area contributed by atoms with Crippen molar-refractivity contribution in [3.63, 3.8) is 0 Å². The second-order valence-corrected chi connectivity index (χ2v) is 7.98. The molecule has 120 valence electrons. The molecule has 3 nitrogen and oxygen atoms in total. The van der Waals surface area contributed by atoms with Crippen molar-refractivity contribution in [2.45, 2.75) is 43.8 Å². The molecule has 0 spiro atoms. The van der Waals surface area contributed by atoms with E-state index in [9.17, 15) is 21.6 Å². The van der Waals surface area contributed by atoms with Crippen LogP contribution >= 0.6 is 0 Å². The van der Waals surface area contributed by atoms with Gasteiger partial charge in [0.1, 0.15) is 0 Å². The summed E-state index contributed by atoms with van der Waals surface area (Å²) in [6, 6.07) is 3.86. The van der Waals surface area contributed by atoms with E-state index < -0.39 is 21.6 Å². The minimum atomic E-state index is -4.54. The van der Waals surface area contributed by atoms with E-state index >= 15 is 0 Å². The molecule has 0 aliphatic carbocycles. The molecular formula is C14H20F3NO2S. The van der Waals surface area contributed by atoms with Gasteiger partial charge in [-0.3, -0.25) is 0 Å². The predicted octanol–water partition coefficient (Wildman–Crippen LogP) is 3.26. The molecule has 1 rings (SSSR count). The topological polar surface area (TPSA) is 46.2 Å². The lowest BCUT2D eigenvalue weighted by molar-refractivity contribution is -0.137. The quantitative estimate of drug-likeness (QED) is 0.846. The molecule has 0 atom stereocenters. The highest BCUT2D eigenvalue weighted by atomic mass is 32.2. The first-order chi connectivity index (χ1) is 9.42. The van der Waals surface area contributed by atoms with Crippen molar-refractivity contribution >= 4 is 9.84 Å². The van der Waals surface area contributed by atoms with Gasteiger partial charge in [-0.2, -0.15) is 13.2 Å². The smallest absolute Gasteiger partial charge is 0.312 e. The largest absolute Gasteiger partial charge is 0.416 e. The lowest BCUT2D eigenvalue weighted by Gasteiger charge is -2.20. The minimum absolute atomic E-state index is 0.125. The average molecular weight is 323 g/mol. The standard InChI is InChI=1S/C14H20F3NO2S/c1-13(2,3)18-8-5-9-21(19,20)12-7-4-6-11(10-12)14(15,16)17/h4,6-7,10,18H,5,8-9H2,1-3H3. The first-order valence-corrected chi connectivity index (χ1v) is 8.22. The van der Waals surface area contributed by atoms with Gasteiger partial charge in [0.05, 0.1) is 16.2 Å². The molecular weight excluding hydrogens is 303 g/mol. The van der Waals surface area contributed by atoms with Crippen molar-refractivity contribution in [2.24, 2.45) is 0 Å². The number of alkyl halides is 3. The Labute approximate surface area is 123 Å². The van der Waals surface area contributed by atoms with Crippen molar-refractivity contribution in [1.82, 2.24) is 5.32 Å². The van der Waals surface area contributed by atoms with Gasteiger partial charge in [0, 0.05) is 5.54 Å². The summed E-state index contributed by atoms with van der Waals surface area (Å²) in [7, 11) is -3.70. The van der Waals surface area contributed by atoms with Crippen LogP contribution in [-0.4, -0.2) is 26.3 Å². The van der Waals surface area contributed by atoms with Crippen molar-refractivity contribution < 1.29 is 21.6 Å². The van der Waals surface area contributed by atoms with Crippen LogP contribution in [0, 0.1) is 0 Å². The van der Waals surface area contributed by atoms with Crippen molar-refractivity contribution in [2.75, 3.05) is 12.3 Å². The molecule has 0 saturated carbocycles. The maximum absolute atomic E-state index is 12.6. The molecule has 1 aromatic rings. The fourth-order valence-corrected chi connectivity index (χ4v) is 3.06. The SMILES string of the molecule is CC(C)(C)NCCCS(=O)(=O)c1cccc(C(F)(F)F)c1. The summed E-state index contributed by atoms with van der Waals surface area (Å²) in [5, 5.41) is 3.14. The normalized spacial score (nSPS) is 13.4. The summed E-state index contributed by atoms with van der Waals surface area (Å²) in [6.07, 6.45) is -4.20. The average Bonchev–Trinajstić information content (AvgIpc) is 2.33. The highest BCUT2D eigenvalue weighted by Gasteiger charge is 2.31. The molecule has 0 saturated heterocycles. The summed E-state index contributed by atoms with van der Waals surface area (Å²) >= 11 is 0. The fraction of sp³-hybridized carbons (Fsp3) is 0.571. The van der Waals surface area contributed by atoms with Gasteiger partial charge < -0.3 is 5.32 Å². The zero-order valence-corrected chi connectivity index (χ0v) is 13.1. The highest BCUT2D eigenvalue weighted by Crippen LogP contribution is 2.30. The van der Waals surface area contributed by atoms with Crippen molar-refractivity contribution in [3.8, 4) is 0 Å². The van der Waals surface area contributed by atoms with E-state index in [1.165, 1.54) is 6.07 Å². The number of hydrogen-bond acceptors (Lipinski definition) is 3. The van der Waals surface area contributed by atoms with Crippen LogP contribution in [0.4, 0.5) is 13.2 Å². The molecule has 0 amide bonds. The Bertz CT molecular complexity index is 575. The highest BCUT2D eigenvalue weighted by molar-refractivity contribution is 7.91. The Morgan fingerprint density at radius 2 is 1.76 bits per heavy atom. The van der Waals surface area contributed by atoms with Crippen LogP contribution in [0.5, 0.6) is 0 Å². The van der Waals surface area contributed by atoms with Crippen LogP contribution in [0.3, 0.4) is 0 Å². The van der Waals surface area contributed by atoms with E-state index in [-0.39, 0.29) is 16.2 Å². The van der Waals surface area contributed by atoms with E-state index in [1.807, 2.05) is 20.8 Å². The molecule has 0 unspecified atom stereocenters. The molecule has 1 N–H and O–H groups in total. The Kier molecular flexibility index (Phi) is 5.44. The third kappa shape index (κ3) is 6.05. The molecule has 0 heterocycles. The lowest BCUT2D eigenvalue weighted by atomic mass is 10.1. The second-order valence-electron chi connectivity index (χ2n) is 5.87. The van der Waals surface area contributed by atoms with Crippen LogP contribution in [0.2, 0.25) is 0 Å². The van der Waals surface area contributed by atoms with Gasteiger partial charge in [0.2, 0.25) is 0 Å². The van der Waals surface area contributed by atoms with Gasteiger partial charge in [-0.05, 0) is 51.9 Å². The first-order valence-electron chi connectivity index (χ1n) is 6.57. The molecule has 0 aromatic heterocycles. The van der Waals surface area contributed by atoms with Gasteiger partial charge in [-0.15, -0.1) is 0 Å². The van der Waals surface area contributed by atoms with Crippen molar-refractivity contribution in [1.29, 1.82) is 0 Å². The molecule has 7 heteroatoms. The summed E-state index contributed by atoms with van der Waals surface area (Å²) < 4.78 is 61.8. The number of hydrogen-bond donors (Lipinski definition) is 1. The molecule has 0 fully saturated rings. The maximum atomic E-state index is 12.6. The molecule has 0 aliphatic heterocycles. The van der Waals surface area contributed by atoms with Crippen LogP contribution in [0.25, 0.3) is 0 Å². The van der Waals surface area contributed by atoms with Crippen LogP contribution in [-0.2, 0) is 16.0 Å². The second kappa shape index (κ2) is 6.36. The third-order valence-electron chi connectivity index (χ3n) is 2.77. The Morgan fingerprint density at radius 1 is 1.14 bits per heavy atom. The molecule has 0 aliphatic rings. The van der Waals surface area contributed by atoms with Gasteiger partial charge in [0.25, 0.3) is 0 Å². The summed E-state index contributed by atoms with van der Waals surface area (Å²) in [5.41, 5.74) is -1.07. The van der Waals surface area contributed by atoms with Gasteiger partial charge in [-0.25, -0.2) is 8.42 Å². The number of benzene rings is 1. The van der Waals surface area contributed by atoms with E-state index in [4.69, 9.17) is 0 Å². The van der Waals surface area contributed by atoms with Gasteiger partial charge in [0.15, 0.2) is 9.84 Å². The Hall–Kier alpha value is -1.08. The van der Waals surface area contributed by atoms with Crippen LogP contribution in [0.15, 0.2) is 29.2 Å². The molecule has 0 radical (unpaired) electrons. The summed E-state index contributed by atoms with van der Waals surface area (Å²) in [6.45, 7) is 6.35. The van der Waals surface area contributed by atoms with E-state index in [0.717, 1.165) is 12.1 Å². The van der Waals surface area contributed by atoms with E-state index in [2.05, 4.69) is 5.32 Å². The minimum Gasteiger partial charge on any atom is -0.312 e. The Morgan fingerprint density at radius 3 is 2.29 bits per heavy atom. The third-order valence-corrected chi connectivity index (χ3v) is 4.56. The van der Waals surface area contributed by atoms with E-state index in [0.29, 0.717) is 19.0 Å². The van der Waals surface area contributed by atoms with Crippen LogP contribution in [0.1, 0.15) is 32.8 Å². The van der Waals surface area contributed by atoms with Gasteiger partial charge in [-0.1, -0.05) is 6.07 Å². The monoisotopic (exact) mass is 323 g/mol. The first kappa shape index (κ1) is 18.0. The summed E-state index contributed by atoms with van der Waals surface area (Å²) in [4.78, 5) is -0.284. The zero-order valence-electron chi connectivity index (χ0n) is 12.3. The predicted molar refractivity (Wildman–Crippen MR) is 75.9 cm³/mol. The number of nitrogens with one attached hydrogen (secondary N) is 1. The number of sulfone groups is 1. The van der Waals surface area contributed by atoms with Gasteiger partial charge >= 0.3 is 6.18 Å². The van der Waals surface area contributed by atoms with E-state index in [1.54, 1.807) is 0 Å². The molecule has 21 heavy (non-hydrogen) atoms. The fourth-order valence-electron chi connectivity index (χ4n) is 1.71. The maximum Gasteiger partial charge on any atom is 0.416 e. The van der Waals surface area contributed by atoms with Crippen LogP contribution < -0.4 is 5.32 Å². The number of rotatable bonds is 5.